The Bertz CT molecular complexity index is 1570. The van der Waals surface area contributed by atoms with E-state index in [2.05, 4.69) is 22.2 Å². The van der Waals surface area contributed by atoms with Crippen LogP contribution in [-0.4, -0.2) is 80.7 Å². The van der Waals surface area contributed by atoms with E-state index >= 15 is 8.78 Å². The van der Waals surface area contributed by atoms with Gasteiger partial charge in [-0.2, -0.15) is 0 Å². The Hall–Kier alpha value is -3.96. The molecular weight excluding hydrogens is 592 g/mol. The fourth-order valence-electron chi connectivity index (χ4n) is 6.92. The van der Waals surface area contributed by atoms with E-state index in [9.17, 15) is 9.59 Å². The first kappa shape index (κ1) is 30.1. The van der Waals surface area contributed by atoms with E-state index in [1.165, 1.54) is 12.0 Å². The molecule has 6 rings (SSSR count). The molecule has 3 aliphatic rings. The van der Waals surface area contributed by atoms with Gasteiger partial charge in [0.2, 0.25) is 5.91 Å². The number of nitrogens with one attached hydrogen (secondary N) is 1. The van der Waals surface area contributed by atoms with E-state index in [1.54, 1.807) is 44.4 Å². The first-order chi connectivity index (χ1) is 21.1. The van der Waals surface area contributed by atoms with Crippen molar-refractivity contribution in [2.45, 2.75) is 37.4 Å². The van der Waals surface area contributed by atoms with Crippen LogP contribution in [0.25, 0.3) is 0 Å². The lowest BCUT2D eigenvalue weighted by atomic mass is 9.83. The van der Waals surface area contributed by atoms with E-state index in [0.29, 0.717) is 34.0 Å². The van der Waals surface area contributed by atoms with Crippen molar-refractivity contribution in [2.75, 3.05) is 50.7 Å². The molecule has 12 heteroatoms. The molecule has 44 heavy (non-hydrogen) atoms. The molecule has 9 nitrogen and oxygen atoms in total. The number of ether oxygens (including phenoxy) is 2. The number of rotatable bonds is 8. The predicted octanol–water partition coefficient (Wildman–Crippen LogP) is 4.49. The van der Waals surface area contributed by atoms with Crippen molar-refractivity contribution in [3.8, 4) is 11.5 Å². The number of aromatic nitrogens is 1. The summed E-state index contributed by atoms with van der Waals surface area (Å²) in [7, 11) is 4.98. The number of carbonyl (C=O) groups excluding carboxylic acids is 2. The Morgan fingerprint density at radius 3 is 2.23 bits per heavy atom. The first-order valence-corrected chi connectivity index (χ1v) is 14.9. The van der Waals surface area contributed by atoms with Crippen LogP contribution in [0.1, 0.15) is 35.2 Å². The second-order valence-electron chi connectivity index (χ2n) is 11.7. The quantitative estimate of drug-likeness (QED) is 0.395. The van der Waals surface area contributed by atoms with E-state index in [-0.39, 0.29) is 23.9 Å². The van der Waals surface area contributed by atoms with Gasteiger partial charge < -0.3 is 19.7 Å². The van der Waals surface area contributed by atoms with Gasteiger partial charge >= 0.3 is 0 Å². The Kier molecular flexibility index (Phi) is 8.10. The highest BCUT2D eigenvalue weighted by molar-refractivity contribution is 6.30. The van der Waals surface area contributed by atoms with Gasteiger partial charge in [0, 0.05) is 84.1 Å². The number of fused-ring (bicyclic) bond motifs is 2. The van der Waals surface area contributed by atoms with Gasteiger partial charge in [-0.05, 0) is 44.7 Å². The van der Waals surface area contributed by atoms with Gasteiger partial charge in [0.25, 0.3) is 5.91 Å². The molecule has 1 aromatic heterocycles. The molecule has 3 fully saturated rings. The molecule has 1 N–H and O–H groups in total. The highest BCUT2D eigenvalue weighted by Gasteiger charge is 2.50. The zero-order chi connectivity index (χ0) is 31.3. The molecule has 0 radical (unpaired) electrons. The van der Waals surface area contributed by atoms with Crippen LogP contribution in [0.3, 0.4) is 0 Å². The van der Waals surface area contributed by atoms with Crippen LogP contribution in [0, 0.1) is 17.6 Å². The predicted molar refractivity (Wildman–Crippen MR) is 163 cm³/mol. The first-order valence-electron chi connectivity index (χ1n) is 14.5. The molecule has 0 aliphatic carbocycles. The molecule has 1 unspecified atom stereocenters. The molecular formula is C32H34ClF2N5O4. The summed E-state index contributed by atoms with van der Waals surface area (Å²) in [5.41, 5.74) is 0.0932. The maximum Gasteiger partial charge on any atom is 0.251 e. The number of likely N-dealkylation sites (tertiary alicyclic amines) is 1. The van der Waals surface area contributed by atoms with Gasteiger partial charge in [-0.1, -0.05) is 11.6 Å². The highest BCUT2D eigenvalue weighted by atomic mass is 35.5. The molecule has 0 saturated carbocycles. The molecule has 232 valence electrons. The summed E-state index contributed by atoms with van der Waals surface area (Å²) in [5, 5.41) is 3.26. The number of benzene rings is 2. The van der Waals surface area contributed by atoms with Gasteiger partial charge in [-0.3, -0.25) is 19.4 Å². The van der Waals surface area contributed by atoms with Crippen LogP contribution < -0.4 is 24.6 Å². The Morgan fingerprint density at radius 2 is 1.64 bits per heavy atom. The summed E-state index contributed by atoms with van der Waals surface area (Å²) < 4.78 is 41.8. The maximum atomic E-state index is 15.6. The molecule has 0 spiro atoms. The Morgan fingerprint density at radius 1 is 1.00 bits per heavy atom. The second kappa shape index (κ2) is 11.9. The zero-order valence-corrected chi connectivity index (χ0v) is 25.6. The van der Waals surface area contributed by atoms with Crippen molar-refractivity contribution in [1.82, 2.24) is 15.2 Å². The van der Waals surface area contributed by atoms with Gasteiger partial charge in [0.15, 0.2) is 0 Å². The average Bonchev–Trinajstić information content (AvgIpc) is 3.66. The molecule has 2 aromatic carbocycles. The van der Waals surface area contributed by atoms with Crippen molar-refractivity contribution in [3.63, 3.8) is 0 Å². The minimum atomic E-state index is -0.994. The van der Waals surface area contributed by atoms with Gasteiger partial charge in [0.1, 0.15) is 34.8 Å². The number of hydrogen-bond acceptors (Lipinski definition) is 7. The monoisotopic (exact) mass is 625 g/mol. The SMILES string of the molecule is COc1cc(N2C[C@@H]3C[C@H]2CN3C)nc(N2C(=O)C(CNC(=O)c3ccc(Cl)cc3)[C@H](c3c(F)cc(OC)cc3F)[C@H]2C)c1. The van der Waals surface area contributed by atoms with E-state index in [1.807, 2.05) is 6.07 Å². The second-order valence-corrected chi connectivity index (χ2v) is 12.1. The highest BCUT2D eigenvalue weighted by Crippen LogP contribution is 2.45. The normalized spacial score (nSPS) is 24.7. The minimum Gasteiger partial charge on any atom is -0.497 e. The maximum absolute atomic E-state index is 15.6. The summed E-state index contributed by atoms with van der Waals surface area (Å²) in [6.45, 7) is 3.29. The number of halogens is 3. The number of likely N-dealkylation sites (N-methyl/N-ethyl adjacent to an activating group) is 1. The molecule has 5 atom stereocenters. The number of anilines is 2. The van der Waals surface area contributed by atoms with Gasteiger partial charge in [-0.25, -0.2) is 13.8 Å². The smallest absolute Gasteiger partial charge is 0.251 e. The molecule has 3 aliphatic heterocycles. The van der Waals surface area contributed by atoms with Crippen LogP contribution in [0.4, 0.5) is 20.4 Å². The fourth-order valence-corrected chi connectivity index (χ4v) is 7.05. The summed E-state index contributed by atoms with van der Waals surface area (Å²) in [5.74, 6) is -2.93. The molecule has 4 heterocycles. The van der Waals surface area contributed by atoms with E-state index < -0.39 is 41.3 Å². The van der Waals surface area contributed by atoms with Crippen molar-refractivity contribution < 1.29 is 27.8 Å². The summed E-state index contributed by atoms with van der Waals surface area (Å²) in [6, 6.07) is 12.0. The summed E-state index contributed by atoms with van der Waals surface area (Å²) in [4.78, 5) is 38.2. The number of hydrogen-bond donors (Lipinski definition) is 1. The van der Waals surface area contributed by atoms with Crippen LogP contribution >= 0.6 is 11.6 Å². The third-order valence-corrected chi connectivity index (χ3v) is 9.44. The van der Waals surface area contributed by atoms with E-state index in [0.717, 1.165) is 31.6 Å². The molecule has 2 amide bonds. The number of nitrogens with zero attached hydrogens (tertiary/aromatic N) is 4. The lowest BCUT2D eigenvalue weighted by Crippen LogP contribution is -2.45. The molecule has 3 saturated heterocycles. The lowest BCUT2D eigenvalue weighted by Gasteiger charge is -2.33. The lowest BCUT2D eigenvalue weighted by molar-refractivity contribution is -0.120. The number of methoxy groups -OCH3 is 2. The number of carbonyl (C=O) groups is 2. The van der Waals surface area contributed by atoms with Gasteiger partial charge in [-0.15, -0.1) is 0 Å². The zero-order valence-electron chi connectivity index (χ0n) is 24.9. The number of amides is 2. The van der Waals surface area contributed by atoms with Crippen LogP contribution in [0.5, 0.6) is 11.5 Å². The fraction of sp³-hybridized carbons (Fsp3) is 0.406. The Labute approximate surface area is 259 Å². The van der Waals surface area contributed by atoms with Crippen LogP contribution in [-0.2, 0) is 4.79 Å². The largest absolute Gasteiger partial charge is 0.497 e. The number of piperazine rings is 1. The van der Waals surface area contributed by atoms with E-state index in [4.69, 9.17) is 26.1 Å². The minimum absolute atomic E-state index is 0.0230. The van der Waals surface area contributed by atoms with Crippen LogP contribution in [0.2, 0.25) is 5.02 Å². The average molecular weight is 626 g/mol. The van der Waals surface area contributed by atoms with Crippen molar-refractivity contribution in [1.29, 1.82) is 0 Å². The number of pyridine rings is 1. The van der Waals surface area contributed by atoms with Crippen LogP contribution in [0.15, 0.2) is 48.5 Å². The van der Waals surface area contributed by atoms with Crippen molar-refractivity contribution in [3.05, 3.63) is 76.3 Å². The summed E-state index contributed by atoms with van der Waals surface area (Å²) in [6.07, 6.45) is 1.03. The van der Waals surface area contributed by atoms with Gasteiger partial charge in [0.05, 0.1) is 20.1 Å². The standard InChI is InChI=1S/C32H34ClF2N5O4/c1-17-29(30-25(34)10-22(43-3)11-26(30)35)24(14-36-31(41)18-5-7-19(33)8-6-18)32(42)40(17)28-13-23(44-4)12-27(37-28)39-16-20-9-21(39)15-38(20)2/h5-8,10-13,17,20-21,24,29H,9,14-16H2,1-4H3,(H,36,41)/t17-,20+,21+,24?,29-/m1/s1. The van der Waals surface area contributed by atoms with Crippen molar-refractivity contribution in [2.24, 2.45) is 5.92 Å². The Balaban J connectivity index is 1.37. The van der Waals surface area contributed by atoms with Crippen molar-refractivity contribution >= 4 is 35.1 Å². The summed E-state index contributed by atoms with van der Waals surface area (Å²) >= 11 is 5.96. The topological polar surface area (TPSA) is 87.2 Å². The third-order valence-electron chi connectivity index (χ3n) is 9.19. The molecule has 3 aromatic rings. The third kappa shape index (κ3) is 5.32. The molecule has 2 bridgehead atoms.